The lowest BCUT2D eigenvalue weighted by molar-refractivity contribution is -0.122. The lowest BCUT2D eigenvalue weighted by atomic mass is 10.3. The minimum atomic E-state index is -0.124. The first kappa shape index (κ1) is 9.06. The predicted octanol–water partition coefficient (Wildman–Crippen LogP) is 0.691. The van der Waals surface area contributed by atoms with Gasteiger partial charge in [0.15, 0.2) is 0 Å². The molecule has 0 bridgehead atoms. The zero-order valence-corrected chi connectivity index (χ0v) is 7.56. The van der Waals surface area contributed by atoms with Gasteiger partial charge in [-0.2, -0.15) is 0 Å². The van der Waals surface area contributed by atoms with Crippen LogP contribution in [0.4, 0.5) is 0 Å². The van der Waals surface area contributed by atoms with E-state index < -0.39 is 0 Å². The van der Waals surface area contributed by atoms with Crippen molar-refractivity contribution in [2.24, 2.45) is 0 Å². The van der Waals surface area contributed by atoms with Crippen molar-refractivity contribution < 1.29 is 9.59 Å². The predicted molar refractivity (Wildman–Crippen MR) is 48.7 cm³/mol. The molecule has 0 atom stereocenters. The van der Waals surface area contributed by atoms with Gasteiger partial charge in [-0.05, 0) is 13.0 Å². The van der Waals surface area contributed by atoms with Crippen LogP contribution in [0.3, 0.4) is 0 Å². The molecule has 1 heterocycles. The number of amides is 1. The molecule has 0 radical (unpaired) electrons. The number of nitrogens with zero attached hydrogens (tertiary/aromatic N) is 1. The summed E-state index contributed by atoms with van der Waals surface area (Å²) in [6, 6.07) is 0. The van der Waals surface area contributed by atoms with Crippen LogP contribution in [-0.2, 0) is 9.59 Å². The van der Waals surface area contributed by atoms with Crippen LogP contribution in [0.2, 0.25) is 0 Å². The fourth-order valence-electron chi connectivity index (χ4n) is 0.921. The molecule has 1 rings (SSSR count). The van der Waals surface area contributed by atoms with E-state index in [-0.39, 0.29) is 11.7 Å². The van der Waals surface area contributed by atoms with Gasteiger partial charge in [-0.3, -0.25) is 14.5 Å². The third kappa shape index (κ3) is 1.98. The third-order valence-electron chi connectivity index (χ3n) is 1.59. The second kappa shape index (κ2) is 3.58. The van der Waals surface area contributed by atoms with Crippen molar-refractivity contribution in [3.05, 3.63) is 12.2 Å². The van der Waals surface area contributed by atoms with Crippen LogP contribution in [0, 0.1) is 0 Å². The van der Waals surface area contributed by atoms with Crippen molar-refractivity contribution in [3.63, 3.8) is 0 Å². The van der Waals surface area contributed by atoms with E-state index >= 15 is 0 Å². The summed E-state index contributed by atoms with van der Waals surface area (Å²) in [5.41, 5.74) is 0. The first-order valence-electron chi connectivity index (χ1n) is 3.64. The topological polar surface area (TPSA) is 37.4 Å². The lowest BCUT2D eigenvalue weighted by Crippen LogP contribution is -2.30. The normalized spacial score (nSPS) is 15.9. The average Bonchev–Trinajstić information content (AvgIpc) is 2.28. The number of thiocarbonyl (C=S) groups is 1. The summed E-state index contributed by atoms with van der Waals surface area (Å²) >= 11 is 4.88. The number of hydrogen-bond acceptors (Lipinski definition) is 3. The molecular formula is C8H9NO2S. The van der Waals surface area contributed by atoms with Gasteiger partial charge in [0.2, 0.25) is 0 Å². The van der Waals surface area contributed by atoms with E-state index in [4.69, 9.17) is 12.2 Å². The molecule has 0 aromatic rings. The molecule has 0 aliphatic carbocycles. The van der Waals surface area contributed by atoms with Crippen LogP contribution < -0.4 is 0 Å². The molecule has 1 aliphatic heterocycles. The summed E-state index contributed by atoms with van der Waals surface area (Å²) in [4.78, 5) is 23.6. The molecule has 12 heavy (non-hydrogen) atoms. The number of ketones is 1. The van der Waals surface area contributed by atoms with E-state index in [0.29, 0.717) is 18.0 Å². The molecule has 0 saturated heterocycles. The molecule has 0 unspecified atom stereocenters. The zero-order valence-electron chi connectivity index (χ0n) is 6.74. The van der Waals surface area contributed by atoms with Crippen molar-refractivity contribution in [1.29, 1.82) is 0 Å². The number of carbonyl (C=O) groups is 2. The quantitative estimate of drug-likeness (QED) is 0.604. The van der Waals surface area contributed by atoms with Gasteiger partial charge in [-0.15, -0.1) is 0 Å². The molecule has 1 amide bonds. The van der Waals surface area contributed by atoms with Crippen LogP contribution in [0.1, 0.15) is 13.3 Å². The smallest absolute Gasteiger partial charge is 0.251 e. The molecule has 0 saturated carbocycles. The fraction of sp³-hybridized carbons (Fsp3) is 0.375. The molecule has 3 nitrogen and oxygen atoms in total. The highest BCUT2D eigenvalue weighted by atomic mass is 32.1. The van der Waals surface area contributed by atoms with Crippen molar-refractivity contribution in [3.8, 4) is 0 Å². The molecule has 4 heteroatoms. The Kier molecular flexibility index (Phi) is 2.70. The summed E-state index contributed by atoms with van der Waals surface area (Å²) in [5, 5.41) is 0. The maximum atomic E-state index is 11.0. The Hall–Kier alpha value is -1.03. The van der Waals surface area contributed by atoms with Gasteiger partial charge in [0.1, 0.15) is 10.8 Å². The number of rotatable bonds is 3. The summed E-state index contributed by atoms with van der Waals surface area (Å²) in [6.07, 6.45) is 3.37. The number of carbonyl (C=O) groups excluding carboxylic acids is 2. The monoisotopic (exact) mass is 183 g/mol. The lowest BCUT2D eigenvalue weighted by Gasteiger charge is -2.13. The minimum absolute atomic E-state index is 0.0671. The van der Waals surface area contributed by atoms with Gasteiger partial charge in [0, 0.05) is 19.0 Å². The third-order valence-corrected chi connectivity index (χ3v) is 1.94. The largest absolute Gasteiger partial charge is 0.300 e. The van der Waals surface area contributed by atoms with Gasteiger partial charge in [0.25, 0.3) is 5.91 Å². The van der Waals surface area contributed by atoms with Gasteiger partial charge in [-0.25, -0.2) is 0 Å². The standard InChI is InChI=1S/C8H9NO2S/c1-6(10)4-5-9-7(11)2-3-8(9)12/h2-3H,4-5H2,1H3. The first-order chi connectivity index (χ1) is 5.61. The highest BCUT2D eigenvalue weighted by Gasteiger charge is 2.19. The van der Waals surface area contributed by atoms with Gasteiger partial charge in [0.05, 0.1) is 0 Å². The Morgan fingerprint density at radius 1 is 1.58 bits per heavy atom. The molecule has 0 N–H and O–H groups in total. The Balaban J connectivity index is 2.48. The minimum Gasteiger partial charge on any atom is -0.300 e. The maximum Gasteiger partial charge on any atom is 0.251 e. The van der Waals surface area contributed by atoms with Crippen LogP contribution in [0.25, 0.3) is 0 Å². The molecule has 0 fully saturated rings. The Morgan fingerprint density at radius 2 is 2.25 bits per heavy atom. The summed E-state index contributed by atoms with van der Waals surface area (Å²) in [7, 11) is 0. The summed E-state index contributed by atoms with van der Waals surface area (Å²) < 4.78 is 0. The van der Waals surface area contributed by atoms with Crippen molar-refractivity contribution in [2.45, 2.75) is 13.3 Å². The molecule has 1 aliphatic rings. The van der Waals surface area contributed by atoms with E-state index in [9.17, 15) is 9.59 Å². The number of hydrogen-bond donors (Lipinski definition) is 0. The fourth-order valence-corrected chi connectivity index (χ4v) is 1.17. The Morgan fingerprint density at radius 3 is 2.67 bits per heavy atom. The van der Waals surface area contributed by atoms with E-state index in [0.717, 1.165) is 0 Å². The zero-order chi connectivity index (χ0) is 9.14. The van der Waals surface area contributed by atoms with Crippen molar-refractivity contribution in [1.82, 2.24) is 4.90 Å². The Labute approximate surface area is 76.0 Å². The van der Waals surface area contributed by atoms with E-state index in [1.807, 2.05) is 0 Å². The summed E-state index contributed by atoms with van der Waals surface area (Å²) in [5.74, 6) is -0.0567. The Bertz CT molecular complexity index is 252. The molecular weight excluding hydrogens is 174 g/mol. The SMILES string of the molecule is CC(=O)CCN1C(=O)C=CC1=S. The van der Waals surface area contributed by atoms with Crippen LogP contribution >= 0.6 is 12.2 Å². The summed E-state index contributed by atoms with van der Waals surface area (Å²) in [6.45, 7) is 1.90. The van der Waals surface area contributed by atoms with Gasteiger partial charge in [-0.1, -0.05) is 12.2 Å². The maximum absolute atomic E-state index is 11.0. The molecule has 0 spiro atoms. The van der Waals surface area contributed by atoms with E-state index in [1.54, 1.807) is 6.08 Å². The van der Waals surface area contributed by atoms with Crippen molar-refractivity contribution >= 4 is 28.9 Å². The molecule has 64 valence electrons. The molecule has 0 aromatic carbocycles. The highest BCUT2D eigenvalue weighted by Crippen LogP contribution is 2.05. The second-order valence-electron chi connectivity index (χ2n) is 2.61. The van der Waals surface area contributed by atoms with Crippen molar-refractivity contribution in [2.75, 3.05) is 6.54 Å². The first-order valence-corrected chi connectivity index (χ1v) is 4.05. The highest BCUT2D eigenvalue weighted by molar-refractivity contribution is 7.80. The average molecular weight is 183 g/mol. The van der Waals surface area contributed by atoms with E-state index in [2.05, 4.69) is 0 Å². The second-order valence-corrected chi connectivity index (χ2v) is 3.03. The van der Waals surface area contributed by atoms with Gasteiger partial charge >= 0.3 is 0 Å². The van der Waals surface area contributed by atoms with Crippen LogP contribution in [0.15, 0.2) is 12.2 Å². The van der Waals surface area contributed by atoms with Crippen LogP contribution in [0.5, 0.6) is 0 Å². The molecule has 0 aromatic heterocycles. The van der Waals surface area contributed by atoms with Crippen LogP contribution in [-0.4, -0.2) is 28.1 Å². The van der Waals surface area contributed by atoms with Gasteiger partial charge < -0.3 is 0 Å². The number of Topliss-reactive ketones (excluding diaryl/α,β-unsaturated/α-hetero) is 1. The van der Waals surface area contributed by atoms with E-state index in [1.165, 1.54) is 17.9 Å².